The zero-order chi connectivity index (χ0) is 25.8. The number of ketones is 1. The van der Waals surface area contributed by atoms with Crippen molar-refractivity contribution in [1.29, 1.82) is 0 Å². The molecule has 1 heterocycles. The van der Waals surface area contributed by atoms with Crippen LogP contribution in [0, 0.1) is 5.92 Å². The maximum atomic E-state index is 13.5. The zero-order valence-corrected chi connectivity index (χ0v) is 20.4. The molecule has 8 nitrogen and oxygen atoms in total. The molecule has 2 aliphatic rings. The van der Waals surface area contributed by atoms with Crippen molar-refractivity contribution in [2.24, 2.45) is 5.92 Å². The SMILES string of the molecule is O=C(NCc1nccs1)C(=O)[C@@H](Cc1ccccc1)NC(=O)C1(NC(=O)C2CCC(F)(F)CC2)CC1. The Bertz CT molecular complexity index is 1100. The normalized spacial score (nSPS) is 19.1. The number of nitrogens with one attached hydrogen (secondary N) is 3. The highest BCUT2D eigenvalue weighted by molar-refractivity contribution is 7.09. The minimum atomic E-state index is -2.75. The fourth-order valence-electron chi connectivity index (χ4n) is 4.27. The summed E-state index contributed by atoms with van der Waals surface area (Å²) in [5.74, 6) is -5.96. The smallest absolute Gasteiger partial charge is 0.289 e. The van der Waals surface area contributed by atoms with Gasteiger partial charge in [-0.25, -0.2) is 13.8 Å². The van der Waals surface area contributed by atoms with Crippen LogP contribution in [-0.4, -0.2) is 46.0 Å². The van der Waals surface area contributed by atoms with E-state index < -0.39 is 46.9 Å². The number of amides is 3. The number of thiazole rings is 1. The topological polar surface area (TPSA) is 117 Å². The molecule has 3 amide bonds. The molecule has 0 unspecified atom stereocenters. The van der Waals surface area contributed by atoms with Crippen molar-refractivity contribution >= 4 is 34.8 Å². The average molecular weight is 519 g/mol. The van der Waals surface area contributed by atoms with E-state index in [2.05, 4.69) is 20.9 Å². The predicted molar refractivity (Wildman–Crippen MR) is 128 cm³/mol. The Balaban J connectivity index is 1.40. The summed E-state index contributed by atoms with van der Waals surface area (Å²) >= 11 is 1.34. The monoisotopic (exact) mass is 518 g/mol. The number of Topliss-reactive ketones (excluding diaryl/α,β-unsaturated/α-hetero) is 1. The summed E-state index contributed by atoms with van der Waals surface area (Å²) in [7, 11) is 0. The molecule has 2 aliphatic carbocycles. The van der Waals surface area contributed by atoms with Gasteiger partial charge in [-0.15, -0.1) is 11.3 Å². The molecule has 2 fully saturated rings. The standard InChI is InChI=1S/C25H28F2N4O4S/c26-25(27)8-6-17(7-9-25)21(33)31-24(10-11-24)23(35)30-18(14-16-4-2-1-3-5-16)20(32)22(34)29-15-19-28-12-13-36-19/h1-5,12-13,17-18H,6-11,14-15H2,(H,29,34)(H,30,35)(H,31,33)/t18-/m1/s1. The van der Waals surface area contributed by atoms with Crippen LogP contribution in [0.2, 0.25) is 0 Å². The second-order valence-corrected chi connectivity index (χ2v) is 10.4. The van der Waals surface area contributed by atoms with Crippen LogP contribution in [0.5, 0.6) is 0 Å². The largest absolute Gasteiger partial charge is 0.343 e. The molecule has 2 saturated carbocycles. The van der Waals surface area contributed by atoms with Gasteiger partial charge in [-0.3, -0.25) is 19.2 Å². The van der Waals surface area contributed by atoms with Crippen LogP contribution < -0.4 is 16.0 Å². The number of carbonyl (C=O) groups excluding carboxylic acids is 4. The lowest BCUT2D eigenvalue weighted by Crippen LogP contribution is -2.56. The number of hydrogen-bond acceptors (Lipinski definition) is 6. The Morgan fingerprint density at radius 1 is 1.06 bits per heavy atom. The summed E-state index contributed by atoms with van der Waals surface area (Å²) in [5.41, 5.74) is -0.440. The number of rotatable bonds is 10. The quantitative estimate of drug-likeness (QED) is 0.418. The predicted octanol–water partition coefficient (Wildman–Crippen LogP) is 2.53. The highest BCUT2D eigenvalue weighted by Crippen LogP contribution is 2.39. The van der Waals surface area contributed by atoms with Gasteiger partial charge >= 0.3 is 0 Å². The minimum absolute atomic E-state index is 0.0604. The molecule has 192 valence electrons. The van der Waals surface area contributed by atoms with E-state index in [0.717, 1.165) is 5.56 Å². The van der Waals surface area contributed by atoms with Crippen LogP contribution >= 0.6 is 11.3 Å². The molecule has 1 atom stereocenters. The number of halogens is 2. The van der Waals surface area contributed by atoms with Gasteiger partial charge in [0.1, 0.15) is 16.6 Å². The van der Waals surface area contributed by atoms with E-state index in [1.807, 2.05) is 6.07 Å². The van der Waals surface area contributed by atoms with Crippen LogP contribution in [0.3, 0.4) is 0 Å². The molecule has 0 aliphatic heterocycles. The molecule has 4 rings (SSSR count). The number of hydrogen-bond donors (Lipinski definition) is 3. The Kier molecular flexibility index (Phi) is 7.77. The summed E-state index contributed by atoms with van der Waals surface area (Å²) in [4.78, 5) is 55.6. The van der Waals surface area contributed by atoms with E-state index in [-0.39, 0.29) is 38.6 Å². The molecule has 2 aromatic rings. The third kappa shape index (κ3) is 6.51. The van der Waals surface area contributed by atoms with E-state index >= 15 is 0 Å². The van der Waals surface area contributed by atoms with Gasteiger partial charge in [-0.2, -0.15) is 0 Å². The summed E-state index contributed by atoms with van der Waals surface area (Å²) < 4.78 is 26.9. The van der Waals surface area contributed by atoms with Crippen molar-refractivity contribution in [1.82, 2.24) is 20.9 Å². The molecule has 0 spiro atoms. The van der Waals surface area contributed by atoms with Gasteiger partial charge in [0.25, 0.3) is 5.91 Å². The Labute approximate surface area is 211 Å². The lowest BCUT2D eigenvalue weighted by Gasteiger charge is -2.29. The van der Waals surface area contributed by atoms with Crippen molar-refractivity contribution in [3.63, 3.8) is 0 Å². The first kappa shape index (κ1) is 25.9. The number of carbonyl (C=O) groups is 4. The van der Waals surface area contributed by atoms with E-state index in [0.29, 0.717) is 17.8 Å². The van der Waals surface area contributed by atoms with Crippen molar-refractivity contribution in [3.05, 3.63) is 52.5 Å². The third-order valence-corrected chi connectivity index (χ3v) is 7.43. The van der Waals surface area contributed by atoms with Gasteiger partial charge in [0.2, 0.25) is 23.5 Å². The Morgan fingerprint density at radius 2 is 1.75 bits per heavy atom. The Morgan fingerprint density at radius 3 is 2.36 bits per heavy atom. The third-order valence-electron chi connectivity index (χ3n) is 6.65. The molecular formula is C25H28F2N4O4S. The summed E-state index contributed by atoms with van der Waals surface area (Å²) in [5, 5.41) is 10.3. The first-order valence-corrected chi connectivity index (χ1v) is 12.8. The van der Waals surface area contributed by atoms with Crippen molar-refractivity contribution < 1.29 is 28.0 Å². The van der Waals surface area contributed by atoms with Gasteiger partial charge < -0.3 is 16.0 Å². The van der Waals surface area contributed by atoms with Gasteiger partial charge in [0.15, 0.2) is 0 Å². The van der Waals surface area contributed by atoms with Gasteiger partial charge in [0.05, 0.1) is 6.54 Å². The van der Waals surface area contributed by atoms with Crippen LogP contribution in [0.1, 0.15) is 49.1 Å². The van der Waals surface area contributed by atoms with Crippen LogP contribution in [0.25, 0.3) is 0 Å². The molecule has 0 bridgehead atoms. The molecule has 0 saturated heterocycles. The van der Waals surface area contributed by atoms with Crippen LogP contribution in [-0.2, 0) is 32.1 Å². The number of benzene rings is 1. The van der Waals surface area contributed by atoms with Gasteiger partial charge in [0, 0.05) is 36.8 Å². The second kappa shape index (κ2) is 10.8. The number of nitrogens with zero attached hydrogens (tertiary/aromatic N) is 1. The van der Waals surface area contributed by atoms with E-state index in [1.165, 1.54) is 11.3 Å². The van der Waals surface area contributed by atoms with Gasteiger partial charge in [-0.1, -0.05) is 30.3 Å². The molecular weight excluding hydrogens is 490 g/mol. The molecule has 36 heavy (non-hydrogen) atoms. The molecule has 1 aromatic heterocycles. The fourth-order valence-corrected chi connectivity index (χ4v) is 4.83. The van der Waals surface area contributed by atoms with E-state index in [9.17, 15) is 28.0 Å². The average Bonchev–Trinajstić information content (AvgIpc) is 3.45. The summed E-state index contributed by atoms with van der Waals surface area (Å²) in [6.45, 7) is 0.0919. The number of aromatic nitrogens is 1. The van der Waals surface area contributed by atoms with Crippen LogP contribution in [0.4, 0.5) is 8.78 Å². The highest BCUT2D eigenvalue weighted by atomic mass is 32.1. The highest BCUT2D eigenvalue weighted by Gasteiger charge is 2.53. The van der Waals surface area contributed by atoms with Crippen molar-refractivity contribution in [3.8, 4) is 0 Å². The molecule has 3 N–H and O–H groups in total. The fraction of sp³-hybridized carbons (Fsp3) is 0.480. The minimum Gasteiger partial charge on any atom is -0.343 e. The maximum absolute atomic E-state index is 13.5. The van der Waals surface area contributed by atoms with E-state index in [1.54, 1.807) is 35.8 Å². The van der Waals surface area contributed by atoms with Crippen molar-refractivity contribution in [2.45, 2.75) is 69.0 Å². The molecule has 1 aromatic carbocycles. The zero-order valence-electron chi connectivity index (χ0n) is 19.6. The maximum Gasteiger partial charge on any atom is 0.289 e. The van der Waals surface area contributed by atoms with Crippen molar-refractivity contribution in [2.75, 3.05) is 0 Å². The first-order chi connectivity index (χ1) is 17.2. The van der Waals surface area contributed by atoms with Gasteiger partial charge in [-0.05, 0) is 31.2 Å². The second-order valence-electron chi connectivity index (χ2n) is 9.39. The summed E-state index contributed by atoms with van der Waals surface area (Å²) in [6, 6.07) is 7.82. The molecule has 0 radical (unpaired) electrons. The molecule has 11 heteroatoms. The number of alkyl halides is 2. The Hall–Kier alpha value is -3.21. The lowest BCUT2D eigenvalue weighted by atomic mass is 9.86. The van der Waals surface area contributed by atoms with E-state index in [4.69, 9.17) is 0 Å². The lowest BCUT2D eigenvalue weighted by molar-refractivity contribution is -0.141. The van der Waals surface area contributed by atoms with Crippen LogP contribution in [0.15, 0.2) is 41.9 Å². The summed E-state index contributed by atoms with van der Waals surface area (Å²) in [6.07, 6.45) is 1.84. The first-order valence-electron chi connectivity index (χ1n) is 11.9.